The number of benzene rings is 1. The maximum absolute atomic E-state index is 14.4. The fraction of sp³-hybridized carbons (Fsp3) is 0.500. The number of alkyl halides is 2. The number of nitrogens with zero attached hydrogens (tertiary/aromatic N) is 1. The highest BCUT2D eigenvalue weighted by Gasteiger charge is 2.61. The molecule has 142 valence electrons. The van der Waals surface area contributed by atoms with Gasteiger partial charge in [-0.25, -0.2) is 9.18 Å². The molecule has 1 aromatic rings. The lowest BCUT2D eigenvalue weighted by molar-refractivity contribution is -0.173. The Morgan fingerprint density at radius 2 is 2.04 bits per heavy atom. The minimum atomic E-state index is -3.08. The van der Waals surface area contributed by atoms with Gasteiger partial charge in [0.1, 0.15) is 11.6 Å². The van der Waals surface area contributed by atoms with Crippen molar-refractivity contribution in [3.8, 4) is 5.75 Å². The van der Waals surface area contributed by atoms with E-state index >= 15 is 0 Å². The summed E-state index contributed by atoms with van der Waals surface area (Å²) in [4.78, 5) is 24.8. The Bertz CT molecular complexity index is 730. The highest BCUT2D eigenvalue weighted by molar-refractivity contribution is 6.31. The summed E-state index contributed by atoms with van der Waals surface area (Å²) in [6.07, 6.45) is 2.37. The number of nitrogens with two attached hydrogens (primary N) is 1. The van der Waals surface area contributed by atoms with Crippen LogP contribution >= 0.6 is 11.6 Å². The molecule has 3 fully saturated rings. The Hall–Kier alpha value is -2.16. The van der Waals surface area contributed by atoms with Crippen molar-refractivity contribution in [3.05, 3.63) is 28.5 Å². The lowest BCUT2D eigenvalue weighted by atomic mass is 9.49. The SMILES string of the molecule is NC(=O)NCC(=O)N(Cc1cc(OC(F)F)cc(Cl)c1F)C12CC(C1)C2. The number of carbonyl (C=O) groups excluding carboxylic acids is 2. The van der Waals surface area contributed by atoms with Crippen LogP contribution in [-0.2, 0) is 11.3 Å². The van der Waals surface area contributed by atoms with Crippen LogP contribution in [0.2, 0.25) is 5.02 Å². The van der Waals surface area contributed by atoms with Gasteiger partial charge in [0, 0.05) is 23.7 Å². The molecule has 1 aromatic carbocycles. The number of halogens is 4. The maximum atomic E-state index is 14.4. The van der Waals surface area contributed by atoms with E-state index in [1.54, 1.807) is 0 Å². The molecule has 3 aliphatic rings. The number of carbonyl (C=O) groups is 2. The van der Waals surface area contributed by atoms with Crippen molar-refractivity contribution in [2.75, 3.05) is 6.54 Å². The number of urea groups is 1. The highest BCUT2D eigenvalue weighted by atomic mass is 35.5. The molecular formula is C16H17ClF3N3O3. The van der Waals surface area contributed by atoms with E-state index in [1.807, 2.05) is 0 Å². The molecule has 0 heterocycles. The molecule has 4 rings (SSSR count). The summed E-state index contributed by atoms with van der Waals surface area (Å²) in [5, 5.41) is 1.84. The molecule has 3 saturated carbocycles. The molecule has 0 unspecified atom stereocenters. The minimum Gasteiger partial charge on any atom is -0.435 e. The quantitative estimate of drug-likeness (QED) is 0.749. The van der Waals surface area contributed by atoms with Gasteiger partial charge in [-0.05, 0) is 31.2 Å². The van der Waals surface area contributed by atoms with Gasteiger partial charge in [-0.2, -0.15) is 8.78 Å². The molecule has 0 atom stereocenters. The van der Waals surface area contributed by atoms with E-state index in [1.165, 1.54) is 4.90 Å². The van der Waals surface area contributed by atoms with Gasteiger partial charge in [-0.1, -0.05) is 11.6 Å². The van der Waals surface area contributed by atoms with Crippen LogP contribution in [0, 0.1) is 11.7 Å². The van der Waals surface area contributed by atoms with E-state index in [9.17, 15) is 22.8 Å². The van der Waals surface area contributed by atoms with Crippen molar-refractivity contribution in [1.29, 1.82) is 0 Å². The molecule has 10 heteroatoms. The summed E-state index contributed by atoms with van der Waals surface area (Å²) in [7, 11) is 0. The zero-order valence-electron chi connectivity index (χ0n) is 13.6. The Kier molecular flexibility index (Phi) is 4.92. The van der Waals surface area contributed by atoms with Crippen molar-refractivity contribution < 1.29 is 27.5 Å². The van der Waals surface area contributed by atoms with Crippen LogP contribution in [0.1, 0.15) is 24.8 Å². The first kappa shape index (κ1) is 18.6. The van der Waals surface area contributed by atoms with Gasteiger partial charge >= 0.3 is 12.6 Å². The Labute approximate surface area is 152 Å². The Morgan fingerprint density at radius 1 is 1.38 bits per heavy atom. The van der Waals surface area contributed by atoms with Crippen molar-refractivity contribution in [1.82, 2.24) is 10.2 Å². The molecular weight excluding hydrogens is 375 g/mol. The predicted octanol–water partition coefficient (Wildman–Crippen LogP) is 2.63. The van der Waals surface area contributed by atoms with E-state index in [0.717, 1.165) is 31.4 Å². The Morgan fingerprint density at radius 3 is 2.54 bits per heavy atom. The van der Waals surface area contributed by atoms with E-state index in [4.69, 9.17) is 17.3 Å². The van der Waals surface area contributed by atoms with Crippen LogP contribution < -0.4 is 15.8 Å². The van der Waals surface area contributed by atoms with E-state index in [2.05, 4.69) is 10.1 Å². The molecule has 0 saturated heterocycles. The topological polar surface area (TPSA) is 84.7 Å². The van der Waals surface area contributed by atoms with Crippen molar-refractivity contribution in [2.45, 2.75) is 38.0 Å². The number of hydrogen-bond acceptors (Lipinski definition) is 3. The van der Waals surface area contributed by atoms with Gasteiger partial charge in [0.15, 0.2) is 0 Å². The molecule has 26 heavy (non-hydrogen) atoms. The number of rotatable bonds is 7. The molecule has 0 aromatic heterocycles. The van der Waals surface area contributed by atoms with Gasteiger partial charge in [-0.3, -0.25) is 4.79 Å². The summed E-state index contributed by atoms with van der Waals surface area (Å²) in [5.74, 6) is -0.990. The van der Waals surface area contributed by atoms with Crippen LogP contribution in [0.4, 0.5) is 18.0 Å². The summed E-state index contributed by atoms with van der Waals surface area (Å²) in [6, 6.07) is 1.20. The van der Waals surface area contributed by atoms with Crippen LogP contribution in [0.25, 0.3) is 0 Å². The average molecular weight is 392 g/mol. The predicted molar refractivity (Wildman–Crippen MR) is 86.3 cm³/mol. The molecule has 0 aliphatic heterocycles. The first-order valence-corrected chi connectivity index (χ1v) is 8.34. The Balaban J connectivity index is 1.83. The smallest absolute Gasteiger partial charge is 0.387 e. The molecule has 3 aliphatic carbocycles. The van der Waals surface area contributed by atoms with E-state index in [0.29, 0.717) is 5.92 Å². The third-order valence-corrected chi connectivity index (χ3v) is 5.20. The van der Waals surface area contributed by atoms with Gasteiger partial charge in [0.25, 0.3) is 0 Å². The van der Waals surface area contributed by atoms with Crippen LogP contribution in [0.5, 0.6) is 5.75 Å². The molecule has 2 bridgehead atoms. The van der Waals surface area contributed by atoms with Crippen LogP contribution in [0.15, 0.2) is 12.1 Å². The number of nitrogens with one attached hydrogen (secondary N) is 1. The zero-order chi connectivity index (χ0) is 19.1. The van der Waals surface area contributed by atoms with Gasteiger partial charge in [-0.15, -0.1) is 0 Å². The van der Waals surface area contributed by atoms with Crippen LogP contribution in [-0.4, -0.2) is 35.5 Å². The number of ether oxygens (including phenoxy) is 1. The number of primary amides is 1. The first-order chi connectivity index (χ1) is 12.2. The van der Waals surface area contributed by atoms with Crippen LogP contribution in [0.3, 0.4) is 0 Å². The third-order valence-electron chi connectivity index (χ3n) is 4.92. The number of amides is 3. The third kappa shape index (κ3) is 3.53. The standard InChI is InChI=1S/C16H17ClF3N3O3/c17-11-2-10(26-14(19)20)1-9(13(11)18)7-23(12(24)6-22-15(21)25)16-3-8(4-16)5-16/h1-2,8,14H,3-7H2,(H3,21,22,25). The molecule has 3 amide bonds. The van der Waals surface area contributed by atoms with E-state index in [-0.39, 0.29) is 35.0 Å². The molecule has 3 N–H and O–H groups in total. The largest absolute Gasteiger partial charge is 0.435 e. The molecule has 0 spiro atoms. The first-order valence-electron chi connectivity index (χ1n) is 7.97. The highest BCUT2D eigenvalue weighted by Crippen LogP contribution is 2.61. The monoisotopic (exact) mass is 391 g/mol. The second-order valence-corrected chi connectivity index (χ2v) is 7.06. The summed E-state index contributed by atoms with van der Waals surface area (Å²) in [6.45, 7) is -3.58. The lowest BCUT2D eigenvalue weighted by Crippen LogP contribution is -2.70. The average Bonchev–Trinajstić information content (AvgIpc) is 2.45. The van der Waals surface area contributed by atoms with Crippen molar-refractivity contribution >= 4 is 23.5 Å². The molecule has 6 nitrogen and oxygen atoms in total. The summed E-state index contributed by atoms with van der Waals surface area (Å²) >= 11 is 5.76. The maximum Gasteiger partial charge on any atom is 0.387 e. The van der Waals surface area contributed by atoms with Gasteiger partial charge < -0.3 is 20.7 Å². The van der Waals surface area contributed by atoms with Crippen molar-refractivity contribution in [2.24, 2.45) is 11.7 Å². The summed E-state index contributed by atoms with van der Waals surface area (Å²) in [5.41, 5.74) is 4.56. The lowest BCUT2D eigenvalue weighted by Gasteiger charge is -2.66. The van der Waals surface area contributed by atoms with Gasteiger partial charge in [0.05, 0.1) is 11.6 Å². The second-order valence-electron chi connectivity index (χ2n) is 6.66. The zero-order valence-corrected chi connectivity index (χ0v) is 14.4. The fourth-order valence-electron chi connectivity index (χ4n) is 3.62. The van der Waals surface area contributed by atoms with E-state index < -0.39 is 24.4 Å². The fourth-order valence-corrected chi connectivity index (χ4v) is 3.85. The van der Waals surface area contributed by atoms with Gasteiger partial charge in [0.2, 0.25) is 5.91 Å². The molecule has 0 radical (unpaired) electrons. The normalized spacial score (nSPS) is 23.0. The minimum absolute atomic E-state index is 0.0368. The number of hydrogen-bond donors (Lipinski definition) is 2. The second kappa shape index (κ2) is 6.86. The summed E-state index contributed by atoms with van der Waals surface area (Å²) < 4.78 is 43.5. The van der Waals surface area contributed by atoms with Crippen molar-refractivity contribution in [3.63, 3.8) is 0 Å².